The minimum Gasteiger partial charge on any atom is -0.322 e. The molecule has 3 aromatic carbocycles. The summed E-state index contributed by atoms with van der Waals surface area (Å²) in [5.41, 5.74) is 3.53. The topological polar surface area (TPSA) is 78.4 Å². The molecule has 2 amide bonds. The van der Waals surface area contributed by atoms with Crippen molar-refractivity contribution in [2.24, 2.45) is 0 Å². The van der Waals surface area contributed by atoms with E-state index in [1.807, 2.05) is 36.4 Å². The maximum Gasteiger partial charge on any atom is 0.267 e. The lowest BCUT2D eigenvalue weighted by Crippen LogP contribution is -2.14. The molecule has 5 nitrogen and oxygen atoms in total. The molecule has 0 aliphatic heterocycles. The highest BCUT2D eigenvalue weighted by Gasteiger charge is 2.06. The molecule has 0 fully saturated rings. The van der Waals surface area contributed by atoms with E-state index >= 15 is 0 Å². The van der Waals surface area contributed by atoms with Crippen LogP contribution in [0.3, 0.4) is 0 Å². The molecule has 0 saturated heterocycles. The zero-order valence-electron chi connectivity index (χ0n) is 13.3. The molecular weight excluding hydrogens is 316 g/mol. The summed E-state index contributed by atoms with van der Waals surface area (Å²) in [6.07, 6.45) is 2.77. The Labute approximate surface area is 144 Å². The predicted octanol–water partition coefficient (Wildman–Crippen LogP) is 3.61. The maximum atomic E-state index is 12.4. The molecule has 25 heavy (non-hydrogen) atoms. The van der Waals surface area contributed by atoms with E-state index < -0.39 is 5.91 Å². The highest BCUT2D eigenvalue weighted by atomic mass is 16.5. The number of amides is 2. The standard InChI is InChI=1S/C20H16N2O3/c23-19(22-25)12-7-14-5-10-18(11-6-14)21-20(24)17-9-8-15-3-1-2-4-16(15)13-17/h1-13,25H,(H,21,24)(H,22,23). The second kappa shape index (κ2) is 7.42. The fourth-order valence-electron chi connectivity index (χ4n) is 2.42. The van der Waals surface area contributed by atoms with Crippen LogP contribution in [0.2, 0.25) is 0 Å². The van der Waals surface area contributed by atoms with Crippen molar-refractivity contribution in [3.8, 4) is 0 Å². The van der Waals surface area contributed by atoms with E-state index in [0.717, 1.165) is 16.3 Å². The molecule has 5 heteroatoms. The smallest absolute Gasteiger partial charge is 0.267 e. The van der Waals surface area contributed by atoms with Gasteiger partial charge >= 0.3 is 0 Å². The predicted molar refractivity (Wildman–Crippen MR) is 97.3 cm³/mol. The van der Waals surface area contributed by atoms with Crippen LogP contribution in [0.15, 0.2) is 72.8 Å². The Morgan fingerprint density at radius 2 is 1.60 bits per heavy atom. The molecule has 0 bridgehead atoms. The Balaban J connectivity index is 1.71. The van der Waals surface area contributed by atoms with Crippen molar-refractivity contribution in [3.05, 3.63) is 83.9 Å². The summed E-state index contributed by atoms with van der Waals surface area (Å²) in [6.45, 7) is 0. The third-order valence-electron chi connectivity index (χ3n) is 3.72. The summed E-state index contributed by atoms with van der Waals surface area (Å²) in [7, 11) is 0. The van der Waals surface area contributed by atoms with E-state index in [0.29, 0.717) is 11.3 Å². The second-order valence-electron chi connectivity index (χ2n) is 5.45. The number of hydrogen-bond donors (Lipinski definition) is 3. The molecule has 3 aromatic rings. The molecule has 0 aromatic heterocycles. The van der Waals surface area contributed by atoms with Gasteiger partial charge in [0.25, 0.3) is 11.8 Å². The molecule has 124 valence electrons. The number of anilines is 1. The Morgan fingerprint density at radius 1 is 0.880 bits per heavy atom. The number of hydroxylamine groups is 1. The maximum absolute atomic E-state index is 12.4. The quantitative estimate of drug-likeness (QED) is 0.388. The fraction of sp³-hybridized carbons (Fsp3) is 0. The third-order valence-corrected chi connectivity index (χ3v) is 3.72. The summed E-state index contributed by atoms with van der Waals surface area (Å²) in [5, 5.41) is 13.4. The van der Waals surface area contributed by atoms with Crippen molar-refractivity contribution in [3.63, 3.8) is 0 Å². The Kier molecular flexibility index (Phi) is 4.87. The van der Waals surface area contributed by atoms with Crippen molar-refractivity contribution in [2.45, 2.75) is 0 Å². The molecule has 0 aliphatic rings. The molecule has 0 heterocycles. The van der Waals surface area contributed by atoms with Crippen LogP contribution in [-0.4, -0.2) is 17.0 Å². The first-order valence-electron chi connectivity index (χ1n) is 7.68. The molecule has 0 saturated carbocycles. The molecule has 0 unspecified atom stereocenters. The first-order valence-corrected chi connectivity index (χ1v) is 7.68. The second-order valence-corrected chi connectivity index (χ2v) is 5.45. The van der Waals surface area contributed by atoms with Gasteiger partial charge in [0.1, 0.15) is 0 Å². The number of nitrogens with one attached hydrogen (secondary N) is 2. The zero-order valence-corrected chi connectivity index (χ0v) is 13.3. The first kappa shape index (κ1) is 16.4. The summed E-state index contributed by atoms with van der Waals surface area (Å²) in [4.78, 5) is 23.3. The molecule has 0 aliphatic carbocycles. The van der Waals surface area contributed by atoms with Crippen molar-refractivity contribution < 1.29 is 14.8 Å². The largest absolute Gasteiger partial charge is 0.322 e. The summed E-state index contributed by atoms with van der Waals surface area (Å²) < 4.78 is 0. The normalized spacial score (nSPS) is 10.8. The Bertz CT molecular complexity index is 947. The summed E-state index contributed by atoms with van der Waals surface area (Å²) in [6, 6.07) is 20.5. The van der Waals surface area contributed by atoms with Crippen molar-refractivity contribution >= 4 is 34.4 Å². The average molecular weight is 332 g/mol. The van der Waals surface area contributed by atoms with Gasteiger partial charge < -0.3 is 5.32 Å². The van der Waals surface area contributed by atoms with Gasteiger partial charge in [0.2, 0.25) is 0 Å². The van der Waals surface area contributed by atoms with Gasteiger partial charge in [-0.3, -0.25) is 14.8 Å². The number of benzene rings is 3. The first-order chi connectivity index (χ1) is 12.2. The van der Waals surface area contributed by atoms with Gasteiger partial charge in [0, 0.05) is 17.3 Å². The van der Waals surface area contributed by atoms with Crippen molar-refractivity contribution in [2.75, 3.05) is 5.32 Å². The summed E-state index contributed by atoms with van der Waals surface area (Å²) in [5.74, 6) is -0.789. The minimum atomic E-state index is -0.603. The average Bonchev–Trinajstić information content (AvgIpc) is 2.66. The number of hydrogen-bond acceptors (Lipinski definition) is 3. The van der Waals surface area contributed by atoms with Crippen molar-refractivity contribution in [1.29, 1.82) is 0 Å². The summed E-state index contributed by atoms with van der Waals surface area (Å²) >= 11 is 0. The number of carbonyl (C=O) groups is 2. The highest BCUT2D eigenvalue weighted by molar-refractivity contribution is 6.06. The molecule has 0 spiro atoms. The SMILES string of the molecule is O=C(C=Cc1ccc(NC(=O)c2ccc3ccccc3c2)cc1)NO. The molecule has 0 atom stereocenters. The van der Waals surface area contributed by atoms with Gasteiger partial charge in [-0.15, -0.1) is 0 Å². The van der Waals surface area contributed by atoms with Gasteiger partial charge in [0.05, 0.1) is 0 Å². The lowest BCUT2D eigenvalue weighted by atomic mass is 10.1. The van der Waals surface area contributed by atoms with E-state index in [9.17, 15) is 9.59 Å². The Morgan fingerprint density at radius 3 is 2.32 bits per heavy atom. The lowest BCUT2D eigenvalue weighted by Gasteiger charge is -2.07. The third kappa shape index (κ3) is 4.10. The highest BCUT2D eigenvalue weighted by Crippen LogP contribution is 2.17. The van der Waals surface area contributed by atoms with Crippen LogP contribution in [0.1, 0.15) is 15.9 Å². The molecule has 3 rings (SSSR count). The molecular formula is C20H16N2O3. The number of rotatable bonds is 4. The van der Waals surface area contributed by atoms with Crippen molar-refractivity contribution in [1.82, 2.24) is 5.48 Å². The van der Waals surface area contributed by atoms with Crippen LogP contribution < -0.4 is 10.8 Å². The van der Waals surface area contributed by atoms with Gasteiger partial charge in [-0.25, -0.2) is 5.48 Å². The van der Waals surface area contributed by atoms with Crippen LogP contribution in [-0.2, 0) is 4.79 Å². The van der Waals surface area contributed by atoms with Gasteiger partial charge in [-0.1, -0.05) is 42.5 Å². The van der Waals surface area contributed by atoms with Crippen LogP contribution in [0.5, 0.6) is 0 Å². The molecule has 0 radical (unpaired) electrons. The van der Waals surface area contributed by atoms with E-state index in [4.69, 9.17) is 5.21 Å². The zero-order chi connectivity index (χ0) is 17.6. The van der Waals surface area contributed by atoms with Gasteiger partial charge in [-0.2, -0.15) is 0 Å². The van der Waals surface area contributed by atoms with Crippen LogP contribution >= 0.6 is 0 Å². The van der Waals surface area contributed by atoms with Crippen LogP contribution in [0, 0.1) is 0 Å². The van der Waals surface area contributed by atoms with Gasteiger partial charge in [-0.05, 0) is 46.7 Å². The number of carbonyl (C=O) groups excluding carboxylic acids is 2. The van der Waals surface area contributed by atoms with Crippen LogP contribution in [0.25, 0.3) is 16.8 Å². The Hall–Kier alpha value is -3.44. The van der Waals surface area contributed by atoms with E-state index in [1.54, 1.807) is 36.4 Å². The van der Waals surface area contributed by atoms with E-state index in [2.05, 4.69) is 5.32 Å². The molecule has 3 N–H and O–H groups in total. The monoisotopic (exact) mass is 332 g/mol. The minimum absolute atomic E-state index is 0.186. The fourth-order valence-corrected chi connectivity index (χ4v) is 2.42. The number of fused-ring (bicyclic) bond motifs is 1. The van der Waals surface area contributed by atoms with E-state index in [1.165, 1.54) is 11.6 Å². The lowest BCUT2D eigenvalue weighted by molar-refractivity contribution is -0.124. The van der Waals surface area contributed by atoms with E-state index in [-0.39, 0.29) is 5.91 Å². The van der Waals surface area contributed by atoms with Crippen LogP contribution in [0.4, 0.5) is 5.69 Å². The van der Waals surface area contributed by atoms with Gasteiger partial charge in [0.15, 0.2) is 0 Å².